The maximum absolute atomic E-state index is 12.2. The van der Waals surface area contributed by atoms with E-state index in [1.165, 1.54) is 0 Å². The average molecular weight is 266 g/mol. The number of hydrogen-bond acceptors (Lipinski definition) is 4. The monoisotopic (exact) mass is 266 g/mol. The molecule has 0 aliphatic carbocycles. The summed E-state index contributed by atoms with van der Waals surface area (Å²) in [5.74, 6) is 0.560. The lowest BCUT2D eigenvalue weighted by Gasteiger charge is -2.26. The predicted molar refractivity (Wildman–Crippen MR) is 70.3 cm³/mol. The molecule has 106 valence electrons. The van der Waals surface area contributed by atoms with Crippen LogP contribution in [-0.4, -0.2) is 40.2 Å². The summed E-state index contributed by atoms with van der Waals surface area (Å²) in [6.45, 7) is 6.17. The molecule has 1 aliphatic heterocycles. The first-order chi connectivity index (χ1) is 9.16. The van der Waals surface area contributed by atoms with Gasteiger partial charge in [-0.1, -0.05) is 13.8 Å². The molecule has 6 heteroatoms. The van der Waals surface area contributed by atoms with Crippen LogP contribution in [0.15, 0.2) is 12.4 Å². The fourth-order valence-corrected chi connectivity index (χ4v) is 2.20. The van der Waals surface area contributed by atoms with Crippen LogP contribution in [0.2, 0.25) is 0 Å². The predicted octanol–water partition coefficient (Wildman–Crippen LogP) is 0.845. The van der Waals surface area contributed by atoms with E-state index in [4.69, 9.17) is 4.74 Å². The van der Waals surface area contributed by atoms with Crippen LogP contribution in [0.1, 0.15) is 26.7 Å². The van der Waals surface area contributed by atoms with Crippen molar-refractivity contribution in [2.45, 2.75) is 39.3 Å². The molecule has 2 heterocycles. The number of carbonyl (C=O) groups is 1. The van der Waals surface area contributed by atoms with E-state index < -0.39 is 0 Å². The Bertz CT molecular complexity index is 385. The van der Waals surface area contributed by atoms with Gasteiger partial charge in [0.25, 0.3) is 0 Å². The van der Waals surface area contributed by atoms with Crippen LogP contribution in [0.3, 0.4) is 0 Å². The van der Waals surface area contributed by atoms with Crippen molar-refractivity contribution in [3.8, 4) is 0 Å². The summed E-state index contributed by atoms with van der Waals surface area (Å²) >= 11 is 0. The van der Waals surface area contributed by atoms with Gasteiger partial charge in [-0.25, -0.2) is 0 Å². The van der Waals surface area contributed by atoms with Gasteiger partial charge in [0.05, 0.1) is 25.0 Å². The molecule has 1 aliphatic rings. The maximum Gasteiger partial charge on any atom is 0.223 e. The molecule has 1 amide bonds. The molecular weight excluding hydrogens is 244 g/mol. The van der Waals surface area contributed by atoms with E-state index in [-0.39, 0.29) is 17.9 Å². The molecule has 1 unspecified atom stereocenters. The highest BCUT2D eigenvalue weighted by Gasteiger charge is 2.25. The van der Waals surface area contributed by atoms with E-state index in [1.807, 2.05) is 0 Å². The summed E-state index contributed by atoms with van der Waals surface area (Å²) < 4.78 is 5.28. The van der Waals surface area contributed by atoms with Crippen LogP contribution in [-0.2, 0) is 16.1 Å². The van der Waals surface area contributed by atoms with Crippen LogP contribution >= 0.6 is 0 Å². The number of nitrogens with one attached hydrogen (secondary N) is 1. The summed E-state index contributed by atoms with van der Waals surface area (Å²) in [4.78, 5) is 13.8. The molecule has 6 nitrogen and oxygen atoms in total. The number of aromatic nitrogens is 3. The number of ether oxygens (including phenoxy) is 1. The molecule has 1 aromatic rings. The van der Waals surface area contributed by atoms with E-state index in [0.29, 0.717) is 25.7 Å². The molecule has 0 bridgehead atoms. The summed E-state index contributed by atoms with van der Waals surface area (Å²) in [5.41, 5.74) is 0. The number of carbonyl (C=O) groups excluding carboxylic acids is 1. The number of amides is 1. The zero-order chi connectivity index (χ0) is 13.7. The Morgan fingerprint density at radius 2 is 2.00 bits per heavy atom. The van der Waals surface area contributed by atoms with Crippen LogP contribution in [0, 0.1) is 11.8 Å². The largest absolute Gasteiger partial charge is 0.381 e. The van der Waals surface area contributed by atoms with E-state index >= 15 is 0 Å². The smallest absolute Gasteiger partial charge is 0.223 e. The van der Waals surface area contributed by atoms with Gasteiger partial charge in [-0.05, 0) is 18.8 Å². The van der Waals surface area contributed by atoms with Crippen LogP contribution in [0.4, 0.5) is 0 Å². The molecular formula is C13H22N4O2. The minimum Gasteiger partial charge on any atom is -0.381 e. The van der Waals surface area contributed by atoms with Gasteiger partial charge in [-0.2, -0.15) is 15.0 Å². The van der Waals surface area contributed by atoms with Crippen molar-refractivity contribution < 1.29 is 9.53 Å². The van der Waals surface area contributed by atoms with Gasteiger partial charge in [0, 0.05) is 19.1 Å². The summed E-state index contributed by atoms with van der Waals surface area (Å²) in [5, 5.41) is 11.3. The molecule has 2 rings (SSSR count). The number of hydrogen-bond donors (Lipinski definition) is 1. The summed E-state index contributed by atoms with van der Waals surface area (Å²) in [6, 6.07) is 0.0581. The van der Waals surface area contributed by atoms with Crippen molar-refractivity contribution in [3.63, 3.8) is 0 Å². The first-order valence-electron chi connectivity index (χ1n) is 6.89. The van der Waals surface area contributed by atoms with Gasteiger partial charge < -0.3 is 10.1 Å². The molecule has 0 radical (unpaired) electrons. The molecule has 1 N–H and O–H groups in total. The topological polar surface area (TPSA) is 69.0 Å². The normalized spacial score (nSPS) is 18.5. The zero-order valence-corrected chi connectivity index (χ0v) is 11.6. The van der Waals surface area contributed by atoms with E-state index in [0.717, 1.165) is 12.8 Å². The molecule has 1 saturated heterocycles. The van der Waals surface area contributed by atoms with Crippen molar-refractivity contribution in [2.24, 2.45) is 11.8 Å². The lowest BCUT2D eigenvalue weighted by Crippen LogP contribution is -2.45. The van der Waals surface area contributed by atoms with Crippen molar-refractivity contribution in [1.82, 2.24) is 20.3 Å². The van der Waals surface area contributed by atoms with Crippen LogP contribution in [0.5, 0.6) is 0 Å². The van der Waals surface area contributed by atoms with Crippen molar-refractivity contribution in [3.05, 3.63) is 12.4 Å². The van der Waals surface area contributed by atoms with Gasteiger partial charge in [0.1, 0.15) is 0 Å². The fourth-order valence-electron chi connectivity index (χ4n) is 2.20. The Labute approximate surface area is 113 Å². The van der Waals surface area contributed by atoms with E-state index in [9.17, 15) is 4.79 Å². The standard InChI is InChI=1S/C13H22N4O2/c1-10(2)12(9-17-14-5-6-15-17)16-13(18)11-3-7-19-8-4-11/h5-6,10-12H,3-4,7-9H2,1-2H3,(H,16,18). The summed E-state index contributed by atoms with van der Waals surface area (Å²) in [7, 11) is 0. The molecule has 0 saturated carbocycles. The zero-order valence-electron chi connectivity index (χ0n) is 11.6. The minimum absolute atomic E-state index is 0.0581. The second kappa shape index (κ2) is 6.65. The molecule has 1 fully saturated rings. The Kier molecular flexibility index (Phi) is 4.90. The van der Waals surface area contributed by atoms with Crippen molar-refractivity contribution in [1.29, 1.82) is 0 Å². The Balaban J connectivity index is 1.90. The summed E-state index contributed by atoms with van der Waals surface area (Å²) in [6.07, 6.45) is 4.93. The van der Waals surface area contributed by atoms with Gasteiger partial charge in [-0.15, -0.1) is 0 Å². The Morgan fingerprint density at radius 1 is 1.37 bits per heavy atom. The van der Waals surface area contributed by atoms with E-state index in [1.54, 1.807) is 17.2 Å². The molecule has 0 aromatic carbocycles. The second-order valence-electron chi connectivity index (χ2n) is 5.33. The Hall–Kier alpha value is -1.43. The van der Waals surface area contributed by atoms with Gasteiger partial charge >= 0.3 is 0 Å². The molecule has 0 spiro atoms. The fraction of sp³-hybridized carbons (Fsp3) is 0.769. The quantitative estimate of drug-likeness (QED) is 0.857. The highest BCUT2D eigenvalue weighted by atomic mass is 16.5. The number of rotatable bonds is 5. The second-order valence-corrected chi connectivity index (χ2v) is 5.33. The van der Waals surface area contributed by atoms with Crippen molar-refractivity contribution in [2.75, 3.05) is 13.2 Å². The SMILES string of the molecule is CC(C)C(Cn1nccn1)NC(=O)C1CCOCC1. The highest BCUT2D eigenvalue weighted by Crippen LogP contribution is 2.15. The first kappa shape index (κ1) is 14.0. The van der Waals surface area contributed by atoms with E-state index in [2.05, 4.69) is 29.4 Å². The first-order valence-corrected chi connectivity index (χ1v) is 6.89. The minimum atomic E-state index is 0.0581. The lowest BCUT2D eigenvalue weighted by molar-refractivity contribution is -0.129. The van der Waals surface area contributed by atoms with Crippen LogP contribution < -0.4 is 5.32 Å². The maximum atomic E-state index is 12.2. The third kappa shape index (κ3) is 4.02. The van der Waals surface area contributed by atoms with Gasteiger partial charge in [0.15, 0.2) is 0 Å². The van der Waals surface area contributed by atoms with Gasteiger partial charge in [-0.3, -0.25) is 4.79 Å². The van der Waals surface area contributed by atoms with Crippen LogP contribution in [0.25, 0.3) is 0 Å². The number of nitrogens with zero attached hydrogens (tertiary/aromatic N) is 3. The Morgan fingerprint density at radius 3 is 2.58 bits per heavy atom. The molecule has 1 aromatic heterocycles. The van der Waals surface area contributed by atoms with Gasteiger partial charge in [0.2, 0.25) is 5.91 Å². The molecule has 19 heavy (non-hydrogen) atoms. The average Bonchev–Trinajstić information content (AvgIpc) is 2.91. The van der Waals surface area contributed by atoms with Crippen molar-refractivity contribution >= 4 is 5.91 Å². The lowest BCUT2D eigenvalue weighted by atomic mass is 9.97. The third-order valence-electron chi connectivity index (χ3n) is 3.55. The highest BCUT2D eigenvalue weighted by molar-refractivity contribution is 5.79. The molecule has 1 atom stereocenters. The third-order valence-corrected chi connectivity index (χ3v) is 3.55.